The Balaban J connectivity index is 2.35. The molecule has 2 rings (SSSR count). The van der Waals surface area contributed by atoms with E-state index in [0.29, 0.717) is 16.0 Å². The number of nitrogens with two attached hydrogens (primary N) is 1. The van der Waals surface area contributed by atoms with Crippen LogP contribution in [0.3, 0.4) is 0 Å². The third-order valence-corrected chi connectivity index (χ3v) is 3.50. The predicted molar refractivity (Wildman–Crippen MR) is 75.7 cm³/mol. The number of hydrogen-bond acceptors (Lipinski definition) is 4. The Morgan fingerprint density at radius 1 is 1.42 bits per heavy atom. The molecule has 0 spiro atoms. The van der Waals surface area contributed by atoms with Crippen LogP contribution in [0, 0.1) is 10.1 Å². The summed E-state index contributed by atoms with van der Waals surface area (Å²) in [7, 11) is 0. The molecule has 2 aromatic rings. The van der Waals surface area contributed by atoms with Crippen molar-refractivity contribution in [2.75, 3.05) is 0 Å². The lowest BCUT2D eigenvalue weighted by Crippen LogP contribution is -2.06. The number of benzene rings is 1. The summed E-state index contributed by atoms with van der Waals surface area (Å²) >= 11 is 3.19. The van der Waals surface area contributed by atoms with Crippen molar-refractivity contribution >= 4 is 21.6 Å². The van der Waals surface area contributed by atoms with Gasteiger partial charge in [-0.3, -0.25) is 10.1 Å². The Hall–Kier alpha value is -1.66. The van der Waals surface area contributed by atoms with E-state index in [0.717, 1.165) is 12.0 Å². The molecule has 1 aromatic carbocycles. The van der Waals surface area contributed by atoms with Crippen LogP contribution in [0.15, 0.2) is 39.2 Å². The normalized spacial score (nSPS) is 12.4. The highest BCUT2D eigenvalue weighted by Gasteiger charge is 2.15. The number of nitro benzene ring substituents is 1. The molecule has 1 unspecified atom stereocenters. The number of halogens is 1. The van der Waals surface area contributed by atoms with Crippen molar-refractivity contribution in [3.63, 3.8) is 0 Å². The number of hydrogen-bond donors (Lipinski definition) is 1. The zero-order valence-corrected chi connectivity index (χ0v) is 11.9. The number of furan rings is 1. The van der Waals surface area contributed by atoms with Crippen LogP contribution in [-0.2, 0) is 0 Å². The van der Waals surface area contributed by atoms with Crippen LogP contribution in [0.2, 0.25) is 0 Å². The highest BCUT2D eigenvalue weighted by molar-refractivity contribution is 9.10. The first-order valence-electron chi connectivity index (χ1n) is 5.82. The van der Waals surface area contributed by atoms with Crippen LogP contribution in [-0.4, -0.2) is 4.92 Å². The van der Waals surface area contributed by atoms with Gasteiger partial charge in [0.25, 0.3) is 5.69 Å². The van der Waals surface area contributed by atoms with Gasteiger partial charge in [0, 0.05) is 11.6 Å². The van der Waals surface area contributed by atoms with Gasteiger partial charge in [-0.2, -0.15) is 0 Å². The molecule has 0 aliphatic rings. The molecular weight excluding hydrogens is 312 g/mol. The maximum Gasteiger partial charge on any atom is 0.283 e. The monoisotopic (exact) mass is 324 g/mol. The topological polar surface area (TPSA) is 82.3 Å². The number of nitro groups is 1. The van der Waals surface area contributed by atoms with Gasteiger partial charge >= 0.3 is 0 Å². The van der Waals surface area contributed by atoms with Gasteiger partial charge in [0.1, 0.15) is 11.5 Å². The van der Waals surface area contributed by atoms with Crippen molar-refractivity contribution in [1.82, 2.24) is 0 Å². The molecule has 1 heterocycles. The SMILES string of the molecule is CCC(N)c1ccc(-c2ccc([N+](=O)[O-])c(Br)c2)o1. The summed E-state index contributed by atoms with van der Waals surface area (Å²) in [5, 5.41) is 10.7. The first-order valence-corrected chi connectivity index (χ1v) is 6.62. The fraction of sp³-hybridized carbons (Fsp3) is 0.231. The molecular formula is C13H13BrN2O3. The molecule has 0 fully saturated rings. The Bertz CT molecular complexity index is 610. The largest absolute Gasteiger partial charge is 0.459 e. The maximum atomic E-state index is 10.7. The molecule has 1 aromatic heterocycles. The molecule has 5 nitrogen and oxygen atoms in total. The molecule has 6 heteroatoms. The van der Waals surface area contributed by atoms with Crippen molar-refractivity contribution in [2.45, 2.75) is 19.4 Å². The van der Waals surface area contributed by atoms with Gasteiger partial charge in [0.15, 0.2) is 0 Å². The average molecular weight is 325 g/mol. The van der Waals surface area contributed by atoms with Gasteiger partial charge in [-0.05, 0) is 46.6 Å². The first-order chi connectivity index (χ1) is 9.02. The first kappa shape index (κ1) is 13.8. The van der Waals surface area contributed by atoms with Gasteiger partial charge in [0.05, 0.1) is 15.4 Å². The zero-order valence-electron chi connectivity index (χ0n) is 10.3. The third-order valence-electron chi connectivity index (χ3n) is 2.86. The Kier molecular flexibility index (Phi) is 4.01. The van der Waals surface area contributed by atoms with Gasteiger partial charge < -0.3 is 10.2 Å². The molecule has 0 amide bonds. The van der Waals surface area contributed by atoms with Crippen LogP contribution in [0.1, 0.15) is 25.1 Å². The maximum absolute atomic E-state index is 10.7. The predicted octanol–water partition coefficient (Wildman–Crippen LogP) is 4.03. The van der Waals surface area contributed by atoms with E-state index in [1.54, 1.807) is 12.1 Å². The second-order valence-corrected chi connectivity index (χ2v) is 4.99. The summed E-state index contributed by atoms with van der Waals surface area (Å²) in [6.07, 6.45) is 0.789. The minimum atomic E-state index is -0.436. The van der Waals surface area contributed by atoms with Crippen LogP contribution < -0.4 is 5.73 Å². The van der Waals surface area contributed by atoms with Crippen molar-refractivity contribution < 1.29 is 9.34 Å². The van der Waals surface area contributed by atoms with Crippen LogP contribution in [0.25, 0.3) is 11.3 Å². The lowest BCUT2D eigenvalue weighted by Gasteiger charge is -2.04. The van der Waals surface area contributed by atoms with E-state index < -0.39 is 4.92 Å². The van der Waals surface area contributed by atoms with Gasteiger partial charge in [-0.25, -0.2) is 0 Å². The van der Waals surface area contributed by atoms with E-state index in [1.807, 2.05) is 19.1 Å². The molecule has 1 atom stereocenters. The van der Waals surface area contributed by atoms with Crippen LogP contribution in [0.5, 0.6) is 0 Å². The Labute approximate surface area is 118 Å². The molecule has 0 bridgehead atoms. The number of nitrogens with zero attached hydrogens (tertiary/aromatic N) is 1. The summed E-state index contributed by atoms with van der Waals surface area (Å²) in [6, 6.07) is 8.29. The zero-order chi connectivity index (χ0) is 14.0. The fourth-order valence-electron chi connectivity index (χ4n) is 1.72. The summed E-state index contributed by atoms with van der Waals surface area (Å²) in [5.41, 5.74) is 6.69. The van der Waals surface area contributed by atoms with Crippen molar-refractivity contribution in [3.05, 3.63) is 50.7 Å². The summed E-state index contributed by atoms with van der Waals surface area (Å²) in [5.74, 6) is 1.36. The van der Waals surface area contributed by atoms with Crippen LogP contribution >= 0.6 is 15.9 Å². The number of rotatable bonds is 4. The van der Waals surface area contributed by atoms with Gasteiger partial charge in [-0.1, -0.05) is 6.92 Å². The highest BCUT2D eigenvalue weighted by Crippen LogP contribution is 2.32. The third kappa shape index (κ3) is 2.85. The molecule has 19 heavy (non-hydrogen) atoms. The van der Waals surface area contributed by atoms with Gasteiger partial charge in [0.2, 0.25) is 0 Å². The smallest absolute Gasteiger partial charge is 0.283 e. The second kappa shape index (κ2) is 5.54. The average Bonchev–Trinajstić information content (AvgIpc) is 2.86. The summed E-state index contributed by atoms with van der Waals surface area (Å²) in [4.78, 5) is 10.3. The molecule has 0 saturated carbocycles. The minimum Gasteiger partial charge on any atom is -0.459 e. The molecule has 0 aliphatic carbocycles. The lowest BCUT2D eigenvalue weighted by atomic mass is 10.1. The Morgan fingerprint density at radius 2 is 2.16 bits per heavy atom. The standard InChI is InChI=1S/C13H13BrN2O3/c1-2-10(15)13-6-5-12(19-13)8-3-4-11(16(17)18)9(14)7-8/h3-7,10H,2,15H2,1H3. The van der Waals surface area contributed by atoms with E-state index in [9.17, 15) is 10.1 Å². The molecule has 0 saturated heterocycles. The van der Waals surface area contributed by atoms with Crippen molar-refractivity contribution in [3.8, 4) is 11.3 Å². The van der Waals surface area contributed by atoms with Crippen molar-refractivity contribution in [1.29, 1.82) is 0 Å². The van der Waals surface area contributed by atoms with Crippen LogP contribution in [0.4, 0.5) is 5.69 Å². The minimum absolute atomic E-state index is 0.0285. The lowest BCUT2D eigenvalue weighted by molar-refractivity contribution is -0.385. The molecule has 2 N–H and O–H groups in total. The van der Waals surface area contributed by atoms with Gasteiger partial charge in [-0.15, -0.1) is 0 Å². The van der Waals surface area contributed by atoms with E-state index in [-0.39, 0.29) is 11.7 Å². The van der Waals surface area contributed by atoms with E-state index in [2.05, 4.69) is 15.9 Å². The van der Waals surface area contributed by atoms with E-state index in [1.165, 1.54) is 6.07 Å². The molecule has 100 valence electrons. The fourth-order valence-corrected chi connectivity index (χ4v) is 2.24. The molecule has 0 aliphatic heterocycles. The molecule has 0 radical (unpaired) electrons. The summed E-state index contributed by atoms with van der Waals surface area (Å²) in [6.45, 7) is 1.98. The van der Waals surface area contributed by atoms with E-state index >= 15 is 0 Å². The highest BCUT2D eigenvalue weighted by atomic mass is 79.9. The summed E-state index contributed by atoms with van der Waals surface area (Å²) < 4.78 is 6.09. The second-order valence-electron chi connectivity index (χ2n) is 4.14. The Morgan fingerprint density at radius 3 is 2.74 bits per heavy atom. The van der Waals surface area contributed by atoms with E-state index in [4.69, 9.17) is 10.2 Å². The quantitative estimate of drug-likeness (QED) is 0.680. The van der Waals surface area contributed by atoms with Crippen molar-refractivity contribution in [2.24, 2.45) is 5.73 Å².